The number of nitro groups is 1. The lowest BCUT2D eigenvalue weighted by molar-refractivity contribution is -0.386. The van der Waals surface area contributed by atoms with Gasteiger partial charge in [0.15, 0.2) is 0 Å². The lowest BCUT2D eigenvalue weighted by atomic mass is 10.1. The van der Waals surface area contributed by atoms with Crippen molar-refractivity contribution in [2.24, 2.45) is 7.05 Å². The first kappa shape index (κ1) is 19.1. The second-order valence-electron chi connectivity index (χ2n) is 6.96. The fourth-order valence-electron chi connectivity index (χ4n) is 2.68. The topological polar surface area (TPSA) is 109 Å². The smallest absolute Gasteiger partial charge is 0.408 e. The largest absolute Gasteiger partial charge is 0.444 e. The fraction of sp³-hybridized carbons (Fsp3) is 0.733. The molecule has 1 fully saturated rings. The molecule has 1 aromatic heterocycles. The number of carbonyl (C=O) groups is 1. The number of aromatic nitrogens is 2. The molecule has 0 bridgehead atoms. The molecule has 140 valence electrons. The Bertz CT molecular complexity index is 642. The number of nitrogens with zero attached hydrogens (tertiary/aromatic N) is 3. The van der Waals surface area contributed by atoms with Crippen LogP contribution in [0.15, 0.2) is 6.20 Å². The number of alkyl halides is 1. The minimum absolute atomic E-state index is 0.0907. The van der Waals surface area contributed by atoms with Gasteiger partial charge in [-0.25, -0.2) is 9.18 Å². The highest BCUT2D eigenvalue weighted by Crippen LogP contribution is 2.33. The van der Waals surface area contributed by atoms with Crippen LogP contribution in [-0.4, -0.2) is 45.2 Å². The fourth-order valence-corrected chi connectivity index (χ4v) is 2.68. The summed E-state index contributed by atoms with van der Waals surface area (Å²) in [5, 5.41) is 17.5. The van der Waals surface area contributed by atoms with E-state index in [-0.39, 0.29) is 30.8 Å². The standard InChI is InChI=1S/C15H23FN4O5/c1-15(2,3)25-14(21)18-10-8-24-12(6-5-9(10)16)13-11(20(22)23)7-17-19(13)4/h7,9-10,12H,5-6,8H2,1-4H3,(H,18,21)/t9-,10+,12-/m0/s1. The van der Waals surface area contributed by atoms with Crippen LogP contribution in [0, 0.1) is 10.1 Å². The Kier molecular flexibility index (Phi) is 5.61. The van der Waals surface area contributed by atoms with Crippen molar-refractivity contribution in [2.45, 2.75) is 57.5 Å². The summed E-state index contributed by atoms with van der Waals surface area (Å²) in [5.74, 6) is 0. The molecule has 1 saturated heterocycles. The summed E-state index contributed by atoms with van der Waals surface area (Å²) in [4.78, 5) is 22.4. The molecule has 1 amide bonds. The number of amides is 1. The average molecular weight is 358 g/mol. The maximum absolute atomic E-state index is 14.4. The molecule has 1 aliphatic rings. The van der Waals surface area contributed by atoms with E-state index in [2.05, 4.69) is 10.4 Å². The van der Waals surface area contributed by atoms with Gasteiger partial charge in [-0.05, 0) is 33.6 Å². The molecule has 1 aliphatic heterocycles. The predicted octanol–water partition coefficient (Wildman–Crippen LogP) is 2.41. The summed E-state index contributed by atoms with van der Waals surface area (Å²) in [6.07, 6.45) is -1.26. The number of rotatable bonds is 3. The van der Waals surface area contributed by atoms with Crippen molar-refractivity contribution in [1.82, 2.24) is 15.1 Å². The normalized spacial score (nSPS) is 24.4. The second-order valence-corrected chi connectivity index (χ2v) is 6.96. The minimum atomic E-state index is -1.34. The Morgan fingerprint density at radius 2 is 2.20 bits per heavy atom. The summed E-state index contributed by atoms with van der Waals surface area (Å²) in [6.45, 7) is 5.01. The quantitative estimate of drug-likeness (QED) is 0.656. The number of halogens is 1. The van der Waals surface area contributed by atoms with Gasteiger partial charge in [-0.3, -0.25) is 14.8 Å². The van der Waals surface area contributed by atoms with Gasteiger partial charge in [0.25, 0.3) is 0 Å². The van der Waals surface area contributed by atoms with Gasteiger partial charge in [-0.1, -0.05) is 0 Å². The van der Waals surface area contributed by atoms with E-state index < -0.39 is 34.9 Å². The van der Waals surface area contributed by atoms with Gasteiger partial charge in [0.1, 0.15) is 29.8 Å². The van der Waals surface area contributed by atoms with Crippen molar-refractivity contribution in [3.05, 3.63) is 22.0 Å². The molecular weight excluding hydrogens is 335 g/mol. The van der Waals surface area contributed by atoms with Gasteiger partial charge in [-0.15, -0.1) is 0 Å². The molecular formula is C15H23FN4O5. The summed E-state index contributed by atoms with van der Waals surface area (Å²) in [5.41, 5.74) is -0.573. The SMILES string of the molecule is Cn1ncc([N+](=O)[O-])c1[C@@H]1CC[C@H](F)[C@H](NC(=O)OC(C)(C)C)CO1. The Balaban J connectivity index is 2.07. The Morgan fingerprint density at radius 3 is 2.80 bits per heavy atom. The highest BCUT2D eigenvalue weighted by molar-refractivity contribution is 5.68. The number of aryl methyl sites for hydroxylation is 1. The van der Waals surface area contributed by atoms with Crippen LogP contribution >= 0.6 is 0 Å². The summed E-state index contributed by atoms with van der Waals surface area (Å²) in [6, 6.07) is -0.882. The van der Waals surface area contributed by atoms with Gasteiger partial charge in [0.05, 0.1) is 17.6 Å². The lowest BCUT2D eigenvalue weighted by Gasteiger charge is -2.24. The first-order valence-electron chi connectivity index (χ1n) is 8.00. The van der Waals surface area contributed by atoms with Crippen molar-refractivity contribution in [1.29, 1.82) is 0 Å². The van der Waals surface area contributed by atoms with Crippen molar-refractivity contribution >= 4 is 11.8 Å². The van der Waals surface area contributed by atoms with Gasteiger partial charge >= 0.3 is 11.8 Å². The molecule has 9 nitrogen and oxygen atoms in total. The first-order chi connectivity index (χ1) is 11.6. The van der Waals surface area contributed by atoms with Crippen LogP contribution in [0.1, 0.15) is 45.4 Å². The van der Waals surface area contributed by atoms with E-state index in [1.165, 1.54) is 4.68 Å². The number of alkyl carbamates (subject to hydrolysis) is 1. The molecule has 0 spiro atoms. The van der Waals surface area contributed by atoms with E-state index in [1.807, 2.05) is 0 Å². The predicted molar refractivity (Wildman–Crippen MR) is 85.8 cm³/mol. The van der Waals surface area contributed by atoms with Crippen LogP contribution in [0.25, 0.3) is 0 Å². The van der Waals surface area contributed by atoms with Crippen molar-refractivity contribution in [2.75, 3.05) is 6.61 Å². The van der Waals surface area contributed by atoms with E-state index in [4.69, 9.17) is 9.47 Å². The van der Waals surface area contributed by atoms with Crippen molar-refractivity contribution < 1.29 is 23.6 Å². The maximum Gasteiger partial charge on any atom is 0.408 e. The Hall–Kier alpha value is -2.23. The van der Waals surface area contributed by atoms with Gasteiger partial charge in [0.2, 0.25) is 0 Å². The van der Waals surface area contributed by atoms with E-state index in [9.17, 15) is 19.3 Å². The Labute approximate surface area is 144 Å². The van der Waals surface area contributed by atoms with E-state index in [0.29, 0.717) is 0 Å². The molecule has 1 aromatic rings. The molecule has 1 N–H and O–H groups in total. The number of nitrogens with one attached hydrogen (secondary N) is 1. The van der Waals surface area contributed by atoms with Gasteiger partial charge in [0, 0.05) is 7.05 Å². The highest BCUT2D eigenvalue weighted by atomic mass is 19.1. The van der Waals surface area contributed by atoms with Gasteiger partial charge in [-0.2, -0.15) is 5.10 Å². The molecule has 0 aliphatic carbocycles. The minimum Gasteiger partial charge on any atom is -0.444 e. The first-order valence-corrected chi connectivity index (χ1v) is 8.00. The van der Waals surface area contributed by atoms with Crippen LogP contribution in [0.2, 0.25) is 0 Å². The molecule has 2 heterocycles. The third-order valence-corrected chi connectivity index (χ3v) is 3.79. The highest BCUT2D eigenvalue weighted by Gasteiger charge is 2.35. The lowest BCUT2D eigenvalue weighted by Crippen LogP contribution is -2.45. The Morgan fingerprint density at radius 1 is 1.52 bits per heavy atom. The molecule has 25 heavy (non-hydrogen) atoms. The zero-order valence-electron chi connectivity index (χ0n) is 14.7. The monoisotopic (exact) mass is 358 g/mol. The van der Waals surface area contributed by atoms with Crippen LogP contribution in [0.3, 0.4) is 0 Å². The zero-order valence-corrected chi connectivity index (χ0v) is 14.7. The van der Waals surface area contributed by atoms with E-state index in [1.54, 1.807) is 27.8 Å². The second kappa shape index (κ2) is 7.34. The van der Waals surface area contributed by atoms with E-state index >= 15 is 0 Å². The van der Waals surface area contributed by atoms with Crippen molar-refractivity contribution in [3.63, 3.8) is 0 Å². The molecule has 2 rings (SSSR count). The molecule has 0 aromatic carbocycles. The molecule has 10 heteroatoms. The van der Waals surface area contributed by atoms with Gasteiger partial charge < -0.3 is 14.8 Å². The van der Waals surface area contributed by atoms with Crippen LogP contribution in [-0.2, 0) is 16.5 Å². The molecule has 0 saturated carbocycles. The number of hydrogen-bond acceptors (Lipinski definition) is 6. The number of ether oxygens (including phenoxy) is 2. The molecule has 3 atom stereocenters. The molecule has 0 unspecified atom stereocenters. The summed E-state index contributed by atoms with van der Waals surface area (Å²) < 4.78 is 26.5. The number of hydrogen-bond donors (Lipinski definition) is 1. The summed E-state index contributed by atoms with van der Waals surface area (Å²) in [7, 11) is 1.57. The number of carbonyl (C=O) groups excluding carboxylic acids is 1. The summed E-state index contributed by atoms with van der Waals surface area (Å²) >= 11 is 0. The maximum atomic E-state index is 14.4. The molecule has 0 radical (unpaired) electrons. The van der Waals surface area contributed by atoms with Crippen LogP contribution in [0.5, 0.6) is 0 Å². The van der Waals surface area contributed by atoms with Crippen molar-refractivity contribution in [3.8, 4) is 0 Å². The van der Waals surface area contributed by atoms with Crippen LogP contribution in [0.4, 0.5) is 14.9 Å². The van der Waals surface area contributed by atoms with Crippen LogP contribution < -0.4 is 5.32 Å². The zero-order chi connectivity index (χ0) is 18.8. The third-order valence-electron chi connectivity index (χ3n) is 3.79. The average Bonchev–Trinajstić information content (AvgIpc) is 2.77. The third kappa shape index (κ3) is 4.88. The van der Waals surface area contributed by atoms with E-state index in [0.717, 1.165) is 6.20 Å².